The van der Waals surface area contributed by atoms with Gasteiger partial charge >= 0.3 is 26.2 Å². The minimum Gasteiger partial charge on any atom is -1.00 e. The summed E-state index contributed by atoms with van der Waals surface area (Å²) in [5.41, 5.74) is 2.97. The minimum absolute atomic E-state index is 0. The third kappa shape index (κ3) is 2.52. The Kier molecular flexibility index (Phi) is 4.57. The van der Waals surface area contributed by atoms with Crippen LogP contribution in [0.4, 0.5) is 0 Å². The fraction of sp³-hybridized carbons (Fsp3) is 0.182. The minimum atomic E-state index is -1.71. The molecule has 0 saturated heterocycles. The molecule has 0 aliphatic rings. The fourth-order valence-electron chi connectivity index (χ4n) is 4.28. The summed E-state index contributed by atoms with van der Waals surface area (Å²) in [5, 5.41) is 8.76. The Labute approximate surface area is 167 Å². The zero-order valence-electron chi connectivity index (χ0n) is 16.8. The van der Waals surface area contributed by atoms with E-state index in [1.807, 2.05) is 0 Å². The molecule has 4 aromatic carbocycles. The maximum atomic E-state index is 2.50. The third-order valence-electron chi connectivity index (χ3n) is 5.45. The second-order valence-electron chi connectivity index (χ2n) is 7.17. The Balaban J connectivity index is 0.00000113. The zero-order chi connectivity index (χ0) is 16.2. The van der Waals surface area contributed by atoms with Gasteiger partial charge in [-0.25, -0.2) is 0 Å². The Bertz CT molecular complexity index is 955. The molecule has 0 spiro atoms. The first-order valence-electron chi connectivity index (χ1n) is 8.31. The number of hydrogen-bond acceptors (Lipinski definition) is 0. The molecule has 0 unspecified atom stereocenters. The van der Waals surface area contributed by atoms with Crippen LogP contribution in [0.25, 0.3) is 21.5 Å². The second-order valence-corrected chi connectivity index (χ2v) is 11.5. The van der Waals surface area contributed by atoms with Crippen molar-refractivity contribution in [2.45, 2.75) is 26.9 Å². The number of rotatable bonds is 2. The van der Waals surface area contributed by atoms with Crippen molar-refractivity contribution in [2.75, 3.05) is 0 Å². The van der Waals surface area contributed by atoms with E-state index in [1.54, 1.807) is 10.4 Å². The number of aryl methyl sites for hydroxylation is 2. The van der Waals surface area contributed by atoms with Gasteiger partial charge in [-0.15, -0.1) is 74.6 Å². The van der Waals surface area contributed by atoms with Crippen molar-refractivity contribution < 1.29 is 29.1 Å². The van der Waals surface area contributed by atoms with Gasteiger partial charge in [0.2, 0.25) is 0 Å². The molecule has 0 radical (unpaired) electrons. The van der Waals surface area contributed by atoms with E-state index in [4.69, 9.17) is 0 Å². The molecule has 4 rings (SSSR count). The standard InChI is InChI=1S/C22H22Si.Zr.2H/c1-15-20-11-7-8-12-21(20)16(2)22(15)23(3,4)19-13-17-9-5-6-10-18(17)14-19;;;/h5-14H,1-4H3;;;/q-2;+4;2*-1. The van der Waals surface area contributed by atoms with Crippen molar-refractivity contribution in [3.63, 3.8) is 0 Å². The first-order valence-corrected chi connectivity index (χ1v) is 11.3. The van der Waals surface area contributed by atoms with Gasteiger partial charge in [0.05, 0.1) is 8.07 Å². The maximum absolute atomic E-state index is 2.50. The van der Waals surface area contributed by atoms with Crippen molar-refractivity contribution in [3.05, 3.63) is 71.8 Å². The van der Waals surface area contributed by atoms with Crippen molar-refractivity contribution in [1.82, 2.24) is 0 Å². The molecule has 0 amide bonds. The monoisotopic (exact) mass is 406 g/mol. The molecule has 0 aliphatic carbocycles. The molecular formula is C22H24SiZr. The van der Waals surface area contributed by atoms with Gasteiger partial charge in [0.25, 0.3) is 0 Å². The van der Waals surface area contributed by atoms with Gasteiger partial charge in [0, 0.05) is 0 Å². The molecule has 120 valence electrons. The summed E-state index contributed by atoms with van der Waals surface area (Å²) >= 11 is 0. The molecule has 0 saturated carbocycles. The van der Waals surface area contributed by atoms with Gasteiger partial charge in [-0.1, -0.05) is 39.1 Å². The zero-order valence-corrected chi connectivity index (χ0v) is 18.2. The van der Waals surface area contributed by atoms with Gasteiger partial charge in [-0.3, -0.25) is 0 Å². The van der Waals surface area contributed by atoms with E-state index >= 15 is 0 Å². The molecule has 0 nitrogen and oxygen atoms in total. The van der Waals surface area contributed by atoms with Crippen LogP contribution in [0.1, 0.15) is 14.0 Å². The van der Waals surface area contributed by atoms with Gasteiger partial charge in [0.15, 0.2) is 0 Å². The van der Waals surface area contributed by atoms with Crippen LogP contribution in [0.15, 0.2) is 60.7 Å². The molecule has 24 heavy (non-hydrogen) atoms. The SMILES string of the molecule is Cc1c([Si](C)(C)c2cc3ccccc3[cH-]2)[c-](C)c2ccccc12.[H-].[H-].[Zr+4]. The van der Waals surface area contributed by atoms with Crippen LogP contribution in [0.5, 0.6) is 0 Å². The van der Waals surface area contributed by atoms with E-state index in [0.717, 1.165) is 0 Å². The Morgan fingerprint density at radius 3 is 2.38 bits per heavy atom. The molecule has 0 heterocycles. The van der Waals surface area contributed by atoms with E-state index < -0.39 is 8.07 Å². The maximum Gasteiger partial charge on any atom is 4.00 e. The summed E-state index contributed by atoms with van der Waals surface area (Å²) < 4.78 is 0. The molecule has 0 aromatic heterocycles. The largest absolute Gasteiger partial charge is 4.00 e. The molecule has 0 aliphatic heterocycles. The van der Waals surface area contributed by atoms with Crippen molar-refractivity contribution in [3.8, 4) is 0 Å². The normalized spacial score (nSPS) is 11.8. The van der Waals surface area contributed by atoms with Crippen molar-refractivity contribution in [2.24, 2.45) is 0 Å². The summed E-state index contributed by atoms with van der Waals surface area (Å²) in [6.45, 7) is 9.61. The van der Waals surface area contributed by atoms with Gasteiger partial charge < -0.3 is 2.85 Å². The van der Waals surface area contributed by atoms with Crippen LogP contribution in [0.3, 0.4) is 0 Å². The summed E-state index contributed by atoms with van der Waals surface area (Å²) in [7, 11) is -1.71. The summed E-state index contributed by atoms with van der Waals surface area (Å²) in [5.74, 6) is 0. The summed E-state index contributed by atoms with van der Waals surface area (Å²) in [4.78, 5) is 0. The molecular weight excluding hydrogens is 384 g/mol. The predicted molar refractivity (Wildman–Crippen MR) is 108 cm³/mol. The smallest absolute Gasteiger partial charge is 1.00 e. The first kappa shape index (κ1) is 17.6. The number of benzene rings is 2. The molecule has 0 fully saturated rings. The predicted octanol–water partition coefficient (Wildman–Crippen LogP) is 5.09. The van der Waals surface area contributed by atoms with E-state index in [1.165, 1.54) is 32.7 Å². The number of hydrogen-bond donors (Lipinski definition) is 0. The van der Waals surface area contributed by atoms with Crippen molar-refractivity contribution >= 4 is 40.0 Å². The van der Waals surface area contributed by atoms with Crippen LogP contribution in [0, 0.1) is 13.8 Å². The second kappa shape index (κ2) is 6.24. The summed E-state index contributed by atoms with van der Waals surface area (Å²) in [6.07, 6.45) is 0. The Hall–Kier alpha value is -1.24. The fourth-order valence-corrected chi connectivity index (χ4v) is 7.75. The molecule has 4 aromatic rings. The van der Waals surface area contributed by atoms with Crippen LogP contribution >= 0.6 is 0 Å². The average Bonchev–Trinajstić information content (AvgIpc) is 3.09. The Morgan fingerprint density at radius 2 is 1.67 bits per heavy atom. The van der Waals surface area contributed by atoms with E-state index in [-0.39, 0.29) is 29.1 Å². The third-order valence-corrected chi connectivity index (χ3v) is 9.18. The quantitative estimate of drug-likeness (QED) is 0.321. The first-order chi connectivity index (χ1) is 11.0. The van der Waals surface area contributed by atoms with Crippen LogP contribution in [-0.2, 0) is 26.2 Å². The van der Waals surface area contributed by atoms with Crippen LogP contribution < -0.4 is 10.4 Å². The van der Waals surface area contributed by atoms with Gasteiger partial charge in [0.1, 0.15) is 0 Å². The van der Waals surface area contributed by atoms with Crippen LogP contribution in [0.2, 0.25) is 13.1 Å². The van der Waals surface area contributed by atoms with Gasteiger partial charge in [-0.2, -0.15) is 17.0 Å². The topological polar surface area (TPSA) is 0 Å². The van der Waals surface area contributed by atoms with Crippen LogP contribution in [-0.4, -0.2) is 8.07 Å². The van der Waals surface area contributed by atoms with Crippen molar-refractivity contribution in [1.29, 1.82) is 0 Å². The molecule has 2 heteroatoms. The van der Waals surface area contributed by atoms with E-state index in [2.05, 4.69) is 87.6 Å². The van der Waals surface area contributed by atoms with E-state index in [0.29, 0.717) is 0 Å². The number of fused-ring (bicyclic) bond motifs is 2. The molecule has 0 atom stereocenters. The molecule has 0 N–H and O–H groups in total. The van der Waals surface area contributed by atoms with Gasteiger partial charge in [-0.05, 0) is 0 Å². The van der Waals surface area contributed by atoms with E-state index in [9.17, 15) is 0 Å². The Morgan fingerprint density at radius 1 is 1.00 bits per heavy atom. The average molecular weight is 408 g/mol. The summed E-state index contributed by atoms with van der Waals surface area (Å²) in [6, 6.07) is 22.4. The molecule has 0 bridgehead atoms.